The summed E-state index contributed by atoms with van der Waals surface area (Å²) in [7, 11) is 0. The molecule has 0 heterocycles. The van der Waals surface area contributed by atoms with Crippen molar-refractivity contribution in [1.29, 1.82) is 0 Å². The summed E-state index contributed by atoms with van der Waals surface area (Å²) in [6, 6.07) is 6.50. The van der Waals surface area contributed by atoms with Gasteiger partial charge in [0, 0.05) is 23.4 Å². The Hall–Kier alpha value is -3.14. The summed E-state index contributed by atoms with van der Waals surface area (Å²) in [5.41, 5.74) is 9.08. The maximum atomic E-state index is 12.2. The van der Waals surface area contributed by atoms with Gasteiger partial charge in [0.2, 0.25) is 0 Å². The first kappa shape index (κ1) is 25.9. The Bertz CT molecular complexity index is 766. The Labute approximate surface area is 180 Å². The maximum absolute atomic E-state index is 12.2. The number of carbonyl (C=O) groups is 3. The Balaban J connectivity index is 2.43. The van der Waals surface area contributed by atoms with Crippen LogP contribution in [0.3, 0.4) is 0 Å². The van der Waals surface area contributed by atoms with Gasteiger partial charge in [-0.1, -0.05) is 11.2 Å². The molecule has 1 rings (SSSR count). The molecule has 11 nitrogen and oxygen atoms in total. The van der Waals surface area contributed by atoms with Gasteiger partial charge in [-0.05, 0) is 44.0 Å². The van der Waals surface area contributed by atoms with Crippen LogP contribution >= 0.6 is 0 Å². The summed E-state index contributed by atoms with van der Waals surface area (Å²) < 4.78 is 20.8. The van der Waals surface area contributed by atoms with Crippen molar-refractivity contribution < 1.29 is 33.3 Å². The minimum Gasteiger partial charge on any atom is -0.491 e. The van der Waals surface area contributed by atoms with E-state index in [0.717, 1.165) is 0 Å². The van der Waals surface area contributed by atoms with Crippen LogP contribution in [-0.4, -0.2) is 63.5 Å². The summed E-state index contributed by atoms with van der Waals surface area (Å²) in [6.45, 7) is 3.79. The minimum absolute atomic E-state index is 0.0759. The van der Waals surface area contributed by atoms with Crippen LogP contribution in [0.15, 0.2) is 29.4 Å². The second-order valence-corrected chi connectivity index (χ2v) is 6.29. The second kappa shape index (κ2) is 15.7. The van der Waals surface area contributed by atoms with Crippen molar-refractivity contribution in [2.45, 2.75) is 32.9 Å². The fourth-order valence-corrected chi connectivity index (χ4v) is 2.31. The highest BCUT2D eigenvalue weighted by Gasteiger charge is 2.11. The lowest BCUT2D eigenvalue weighted by molar-refractivity contribution is -0.149. The number of azide groups is 1. The number of hydrogen-bond acceptors (Lipinski definition) is 8. The molecule has 170 valence electrons. The van der Waals surface area contributed by atoms with Gasteiger partial charge < -0.3 is 29.1 Å². The smallest absolute Gasteiger partial charge is 0.332 e. The van der Waals surface area contributed by atoms with Gasteiger partial charge in [0.05, 0.1) is 19.8 Å². The number of amides is 1. The monoisotopic (exact) mass is 436 g/mol. The summed E-state index contributed by atoms with van der Waals surface area (Å²) >= 11 is 0. The Morgan fingerprint density at radius 1 is 1.26 bits per heavy atom. The molecule has 1 atom stereocenters. The molecule has 1 aromatic carbocycles. The van der Waals surface area contributed by atoms with Gasteiger partial charge in [0.25, 0.3) is 5.91 Å². The number of hydrogen-bond donors (Lipinski definition) is 1. The van der Waals surface area contributed by atoms with E-state index in [0.29, 0.717) is 30.7 Å². The Kier molecular flexibility index (Phi) is 13.1. The third-order valence-electron chi connectivity index (χ3n) is 3.72. The van der Waals surface area contributed by atoms with Gasteiger partial charge in [-0.3, -0.25) is 4.79 Å². The number of ketones is 1. The number of benzene rings is 1. The van der Waals surface area contributed by atoms with Crippen LogP contribution in [-0.2, 0) is 23.8 Å². The van der Waals surface area contributed by atoms with Crippen molar-refractivity contribution in [2.24, 2.45) is 5.11 Å². The fraction of sp³-hybridized carbons (Fsp3) is 0.550. The van der Waals surface area contributed by atoms with E-state index in [4.69, 9.17) is 24.5 Å². The van der Waals surface area contributed by atoms with E-state index in [1.807, 2.05) is 0 Å². The average Bonchev–Trinajstić information content (AvgIpc) is 2.74. The normalized spacial score (nSPS) is 11.2. The Morgan fingerprint density at radius 3 is 2.77 bits per heavy atom. The molecule has 0 aliphatic rings. The molecule has 0 aliphatic carbocycles. The molecule has 0 aliphatic heterocycles. The first-order valence-corrected chi connectivity index (χ1v) is 9.86. The highest BCUT2D eigenvalue weighted by Crippen LogP contribution is 2.14. The lowest BCUT2D eigenvalue weighted by Gasteiger charge is -2.14. The standard InChI is InChI=1S/C20H28N4O7/c1-3-29-19(26)14-28-10-11-30-18(23-24-21)13-31-17-8-4-7-16(12-17)20(27)22-9-5-6-15(2)25/h4,7-8,12,18H,3,5-6,9-11,13-14H2,1-2H3,(H,22,27). The lowest BCUT2D eigenvalue weighted by Crippen LogP contribution is -2.25. The van der Waals surface area contributed by atoms with Crippen LogP contribution in [0.2, 0.25) is 0 Å². The zero-order valence-corrected chi connectivity index (χ0v) is 17.7. The Morgan fingerprint density at radius 2 is 2.06 bits per heavy atom. The van der Waals surface area contributed by atoms with E-state index < -0.39 is 12.2 Å². The van der Waals surface area contributed by atoms with Crippen LogP contribution in [0.1, 0.15) is 37.0 Å². The van der Waals surface area contributed by atoms with Crippen molar-refractivity contribution in [2.75, 3.05) is 39.6 Å². The predicted octanol–water partition coefficient (Wildman–Crippen LogP) is 2.40. The third-order valence-corrected chi connectivity index (χ3v) is 3.72. The van der Waals surface area contributed by atoms with Crippen molar-refractivity contribution in [1.82, 2.24) is 5.32 Å². The van der Waals surface area contributed by atoms with E-state index in [2.05, 4.69) is 15.3 Å². The number of rotatable bonds is 16. The van der Waals surface area contributed by atoms with Gasteiger partial charge in [0.1, 0.15) is 24.7 Å². The number of esters is 1. The molecule has 0 fully saturated rings. The highest BCUT2D eigenvalue weighted by molar-refractivity contribution is 5.94. The van der Waals surface area contributed by atoms with Crippen LogP contribution < -0.4 is 10.1 Å². The molecule has 0 bridgehead atoms. The maximum Gasteiger partial charge on any atom is 0.332 e. The summed E-state index contributed by atoms with van der Waals surface area (Å²) in [5, 5.41) is 6.24. The summed E-state index contributed by atoms with van der Waals surface area (Å²) in [4.78, 5) is 37.0. The molecule has 1 N–H and O–H groups in total. The molecule has 0 radical (unpaired) electrons. The zero-order chi connectivity index (χ0) is 22.9. The molecular formula is C20H28N4O7. The number of Topliss-reactive ketones (excluding diaryl/α,β-unsaturated/α-hetero) is 1. The van der Waals surface area contributed by atoms with Crippen LogP contribution in [0.4, 0.5) is 0 Å². The fourth-order valence-electron chi connectivity index (χ4n) is 2.31. The molecule has 1 amide bonds. The predicted molar refractivity (Wildman–Crippen MR) is 111 cm³/mol. The SMILES string of the molecule is CCOC(=O)COCCOC(COc1cccc(C(=O)NCCCC(C)=O)c1)N=[N+]=[N-]. The van der Waals surface area contributed by atoms with Crippen LogP contribution in [0.25, 0.3) is 10.4 Å². The largest absolute Gasteiger partial charge is 0.491 e. The molecule has 31 heavy (non-hydrogen) atoms. The third kappa shape index (κ3) is 12.2. The topological polar surface area (TPSA) is 149 Å². The van der Waals surface area contributed by atoms with E-state index >= 15 is 0 Å². The number of ether oxygens (including phenoxy) is 4. The molecule has 1 aromatic rings. The number of nitrogens with zero attached hydrogens (tertiary/aromatic N) is 3. The zero-order valence-electron chi connectivity index (χ0n) is 17.7. The van der Waals surface area contributed by atoms with Crippen molar-refractivity contribution >= 4 is 17.7 Å². The molecular weight excluding hydrogens is 408 g/mol. The van der Waals surface area contributed by atoms with Crippen molar-refractivity contribution in [3.05, 3.63) is 40.3 Å². The van der Waals surface area contributed by atoms with E-state index in [9.17, 15) is 14.4 Å². The number of nitrogens with one attached hydrogen (secondary N) is 1. The minimum atomic E-state index is -0.916. The van der Waals surface area contributed by atoms with Gasteiger partial charge in [0.15, 0.2) is 6.23 Å². The highest BCUT2D eigenvalue weighted by atomic mass is 16.6. The van der Waals surface area contributed by atoms with E-state index in [1.54, 1.807) is 31.2 Å². The molecule has 0 saturated heterocycles. The van der Waals surface area contributed by atoms with Crippen molar-refractivity contribution in [3.63, 3.8) is 0 Å². The summed E-state index contributed by atoms with van der Waals surface area (Å²) in [6.07, 6.45) is 0.0737. The average molecular weight is 436 g/mol. The first-order valence-electron chi connectivity index (χ1n) is 9.86. The molecule has 0 saturated carbocycles. The first-order chi connectivity index (χ1) is 15.0. The van der Waals surface area contributed by atoms with Crippen molar-refractivity contribution in [3.8, 4) is 5.75 Å². The molecule has 0 spiro atoms. The van der Waals surface area contributed by atoms with E-state index in [-0.39, 0.29) is 44.7 Å². The van der Waals surface area contributed by atoms with Crippen LogP contribution in [0.5, 0.6) is 5.75 Å². The molecule has 11 heteroatoms. The second-order valence-electron chi connectivity index (χ2n) is 6.29. The van der Waals surface area contributed by atoms with Gasteiger partial charge in [-0.2, -0.15) is 0 Å². The van der Waals surface area contributed by atoms with Gasteiger partial charge in [-0.25, -0.2) is 4.79 Å². The van der Waals surface area contributed by atoms with Gasteiger partial charge in [-0.15, -0.1) is 0 Å². The quantitative estimate of drug-likeness (QED) is 0.137. The van der Waals surface area contributed by atoms with Crippen LogP contribution in [0, 0.1) is 0 Å². The summed E-state index contributed by atoms with van der Waals surface area (Å²) in [5.74, 6) is -0.278. The van der Waals surface area contributed by atoms with E-state index in [1.165, 1.54) is 6.92 Å². The van der Waals surface area contributed by atoms with Gasteiger partial charge >= 0.3 is 5.97 Å². The number of carbonyl (C=O) groups excluding carboxylic acids is 3. The molecule has 1 unspecified atom stereocenters. The molecule has 0 aromatic heterocycles. The lowest BCUT2D eigenvalue weighted by atomic mass is 10.2.